The van der Waals surface area contributed by atoms with Crippen molar-refractivity contribution in [3.8, 4) is 0 Å². The minimum absolute atomic E-state index is 0. The van der Waals surface area contributed by atoms with Gasteiger partial charge in [-0.1, -0.05) is 14.4 Å². The molecule has 2 nitrogen and oxygen atoms in total. The monoisotopic (exact) mass is 186 g/mol. The maximum Gasteiger partial charge on any atom is 0.000819 e. The highest BCUT2D eigenvalue weighted by atomic mass is 14.9. The molecule has 1 rings (SSSR count). The molecule has 1 atom stereocenters. The molecule has 80 valence electrons. The van der Waals surface area contributed by atoms with Crippen molar-refractivity contribution in [1.29, 1.82) is 0 Å². The van der Waals surface area contributed by atoms with Gasteiger partial charge in [-0.15, -0.1) is 0 Å². The first-order valence-corrected chi connectivity index (χ1v) is 5.18. The molecular formula is C11H26N2. The number of hydrogen-bond donors (Lipinski definition) is 2. The van der Waals surface area contributed by atoms with Crippen molar-refractivity contribution < 1.29 is 0 Å². The van der Waals surface area contributed by atoms with Gasteiger partial charge in [-0.2, -0.15) is 0 Å². The first-order chi connectivity index (χ1) is 5.83. The second kappa shape index (κ2) is 6.39. The Morgan fingerprint density at radius 3 is 2.69 bits per heavy atom. The van der Waals surface area contributed by atoms with Crippen LogP contribution in [0, 0.1) is 5.41 Å². The molecule has 2 N–H and O–H groups in total. The number of rotatable bonds is 4. The van der Waals surface area contributed by atoms with Crippen LogP contribution in [0.25, 0.3) is 0 Å². The first kappa shape index (κ1) is 12.9. The van der Waals surface area contributed by atoms with E-state index in [0.29, 0.717) is 5.41 Å². The standard InChI is InChI=1S/C10H22N2.CH4/c1-3-10(6-8-11-2)5-4-7-12-9-10;/h11-12H,3-9H2,1-2H3;1H4. The molecule has 0 aromatic carbocycles. The molecule has 0 bridgehead atoms. The van der Waals surface area contributed by atoms with Crippen LogP contribution in [0.3, 0.4) is 0 Å². The lowest BCUT2D eigenvalue weighted by molar-refractivity contribution is 0.183. The Morgan fingerprint density at radius 2 is 2.23 bits per heavy atom. The Balaban J connectivity index is 0.00000144. The van der Waals surface area contributed by atoms with Crippen LogP contribution in [0.2, 0.25) is 0 Å². The van der Waals surface area contributed by atoms with Crippen molar-refractivity contribution in [2.24, 2.45) is 5.41 Å². The predicted octanol–water partition coefficient (Wildman–Crippen LogP) is 2.01. The Hall–Kier alpha value is -0.0800. The van der Waals surface area contributed by atoms with Crippen molar-refractivity contribution >= 4 is 0 Å². The SMILES string of the molecule is C.CCC1(CCNC)CCCNC1. The highest BCUT2D eigenvalue weighted by Crippen LogP contribution is 2.32. The molecule has 0 amide bonds. The van der Waals surface area contributed by atoms with Crippen LogP contribution in [0.4, 0.5) is 0 Å². The zero-order valence-electron chi connectivity index (χ0n) is 8.45. The fourth-order valence-corrected chi connectivity index (χ4v) is 2.11. The quantitative estimate of drug-likeness (QED) is 0.702. The third kappa shape index (κ3) is 3.65. The van der Waals surface area contributed by atoms with Crippen LogP contribution in [0.1, 0.15) is 40.0 Å². The third-order valence-corrected chi connectivity index (χ3v) is 3.22. The molecule has 2 heteroatoms. The molecule has 0 radical (unpaired) electrons. The van der Waals surface area contributed by atoms with Crippen molar-refractivity contribution in [2.75, 3.05) is 26.7 Å². The summed E-state index contributed by atoms with van der Waals surface area (Å²) < 4.78 is 0. The summed E-state index contributed by atoms with van der Waals surface area (Å²) in [6.45, 7) is 5.94. The Labute approximate surface area is 83.5 Å². The highest BCUT2D eigenvalue weighted by molar-refractivity contribution is 4.84. The summed E-state index contributed by atoms with van der Waals surface area (Å²) in [5.74, 6) is 0. The third-order valence-electron chi connectivity index (χ3n) is 3.22. The second-order valence-corrected chi connectivity index (χ2v) is 3.99. The summed E-state index contributed by atoms with van der Waals surface area (Å²) in [5.41, 5.74) is 0.598. The lowest BCUT2D eigenvalue weighted by Crippen LogP contribution is -2.41. The second-order valence-electron chi connectivity index (χ2n) is 3.99. The summed E-state index contributed by atoms with van der Waals surface area (Å²) in [7, 11) is 2.04. The van der Waals surface area contributed by atoms with E-state index >= 15 is 0 Å². The normalized spacial score (nSPS) is 28.2. The van der Waals surface area contributed by atoms with Crippen LogP contribution < -0.4 is 10.6 Å². The molecule has 1 saturated heterocycles. The van der Waals surface area contributed by atoms with Gasteiger partial charge in [0, 0.05) is 6.54 Å². The van der Waals surface area contributed by atoms with Gasteiger partial charge in [0.2, 0.25) is 0 Å². The van der Waals surface area contributed by atoms with Crippen LogP contribution in [-0.4, -0.2) is 26.7 Å². The largest absolute Gasteiger partial charge is 0.320 e. The topological polar surface area (TPSA) is 24.1 Å². The van der Waals surface area contributed by atoms with Crippen molar-refractivity contribution in [2.45, 2.75) is 40.0 Å². The molecular weight excluding hydrogens is 160 g/mol. The molecule has 0 saturated carbocycles. The fraction of sp³-hybridized carbons (Fsp3) is 1.00. The summed E-state index contributed by atoms with van der Waals surface area (Å²) in [5, 5.41) is 6.75. The molecule has 1 aliphatic heterocycles. The van der Waals surface area contributed by atoms with E-state index in [2.05, 4.69) is 17.6 Å². The van der Waals surface area contributed by atoms with Crippen molar-refractivity contribution in [3.05, 3.63) is 0 Å². The predicted molar refractivity (Wildman–Crippen MR) is 60.1 cm³/mol. The van der Waals surface area contributed by atoms with Crippen LogP contribution in [0.15, 0.2) is 0 Å². The summed E-state index contributed by atoms with van der Waals surface area (Å²) in [6, 6.07) is 0. The minimum atomic E-state index is 0. The van der Waals surface area contributed by atoms with Gasteiger partial charge < -0.3 is 10.6 Å². The van der Waals surface area contributed by atoms with E-state index in [0.717, 1.165) is 6.54 Å². The Kier molecular flexibility index (Phi) is 6.35. The maximum absolute atomic E-state index is 3.51. The summed E-state index contributed by atoms with van der Waals surface area (Å²) >= 11 is 0. The van der Waals surface area contributed by atoms with Crippen LogP contribution in [-0.2, 0) is 0 Å². The van der Waals surface area contributed by atoms with Gasteiger partial charge in [-0.3, -0.25) is 0 Å². The van der Waals surface area contributed by atoms with Gasteiger partial charge in [0.05, 0.1) is 0 Å². The van der Waals surface area contributed by atoms with E-state index in [-0.39, 0.29) is 7.43 Å². The van der Waals surface area contributed by atoms with Crippen molar-refractivity contribution in [3.63, 3.8) is 0 Å². The molecule has 1 aliphatic rings. The fourth-order valence-electron chi connectivity index (χ4n) is 2.11. The van der Waals surface area contributed by atoms with Gasteiger partial charge in [0.25, 0.3) is 0 Å². The lowest BCUT2D eigenvalue weighted by Gasteiger charge is -2.37. The average molecular weight is 186 g/mol. The van der Waals surface area contributed by atoms with E-state index in [1.54, 1.807) is 0 Å². The number of hydrogen-bond acceptors (Lipinski definition) is 2. The van der Waals surface area contributed by atoms with Gasteiger partial charge >= 0.3 is 0 Å². The van der Waals surface area contributed by atoms with Gasteiger partial charge in [-0.25, -0.2) is 0 Å². The average Bonchev–Trinajstić information content (AvgIpc) is 2.16. The van der Waals surface area contributed by atoms with Crippen LogP contribution in [0.5, 0.6) is 0 Å². The minimum Gasteiger partial charge on any atom is -0.320 e. The zero-order chi connectivity index (χ0) is 8.86. The van der Waals surface area contributed by atoms with Gasteiger partial charge in [-0.05, 0) is 51.2 Å². The Morgan fingerprint density at radius 1 is 1.46 bits per heavy atom. The molecule has 1 heterocycles. The molecule has 13 heavy (non-hydrogen) atoms. The lowest BCUT2D eigenvalue weighted by atomic mass is 9.76. The maximum atomic E-state index is 3.51. The highest BCUT2D eigenvalue weighted by Gasteiger charge is 2.28. The zero-order valence-corrected chi connectivity index (χ0v) is 8.45. The van der Waals surface area contributed by atoms with E-state index in [1.165, 1.54) is 38.8 Å². The molecule has 0 spiro atoms. The summed E-state index contributed by atoms with van der Waals surface area (Å²) in [4.78, 5) is 0. The number of piperidine rings is 1. The van der Waals surface area contributed by atoms with E-state index in [4.69, 9.17) is 0 Å². The molecule has 1 fully saturated rings. The Bertz CT molecular complexity index is 117. The van der Waals surface area contributed by atoms with Crippen molar-refractivity contribution in [1.82, 2.24) is 10.6 Å². The molecule has 0 aliphatic carbocycles. The smallest absolute Gasteiger partial charge is 0.000819 e. The molecule has 0 aromatic heterocycles. The van der Waals surface area contributed by atoms with E-state index in [1.807, 2.05) is 7.05 Å². The molecule has 1 unspecified atom stereocenters. The first-order valence-electron chi connectivity index (χ1n) is 5.18. The molecule has 0 aromatic rings. The van der Waals surface area contributed by atoms with Crippen LogP contribution >= 0.6 is 0 Å². The van der Waals surface area contributed by atoms with Gasteiger partial charge in [0.1, 0.15) is 0 Å². The summed E-state index contributed by atoms with van der Waals surface area (Å²) in [6.07, 6.45) is 5.42. The van der Waals surface area contributed by atoms with E-state index < -0.39 is 0 Å². The van der Waals surface area contributed by atoms with Gasteiger partial charge in [0.15, 0.2) is 0 Å². The van der Waals surface area contributed by atoms with E-state index in [9.17, 15) is 0 Å². The number of nitrogens with one attached hydrogen (secondary N) is 2.